The number of hydrogen-bond acceptors (Lipinski definition) is 3. The molecule has 0 aliphatic rings. The van der Waals surface area contributed by atoms with E-state index in [1.165, 1.54) is 0 Å². The van der Waals surface area contributed by atoms with Gasteiger partial charge in [0, 0.05) is 16.5 Å². The molecule has 2 rings (SSSR count). The molecule has 0 atom stereocenters. The molecule has 0 aromatic heterocycles. The van der Waals surface area contributed by atoms with E-state index in [1.54, 1.807) is 13.2 Å². The third kappa shape index (κ3) is 3.85. The van der Waals surface area contributed by atoms with Gasteiger partial charge in [0.05, 0.1) is 19.3 Å². The van der Waals surface area contributed by atoms with E-state index in [4.69, 9.17) is 9.47 Å². The summed E-state index contributed by atoms with van der Waals surface area (Å²) in [4.78, 5) is 12.5. The van der Waals surface area contributed by atoms with Gasteiger partial charge in [-0.1, -0.05) is 28.1 Å². The highest BCUT2D eigenvalue weighted by atomic mass is 79.9. The minimum Gasteiger partial charge on any atom is -0.496 e. The van der Waals surface area contributed by atoms with Gasteiger partial charge in [-0.15, -0.1) is 0 Å². The lowest BCUT2D eigenvalue weighted by Gasteiger charge is -2.11. The van der Waals surface area contributed by atoms with Crippen molar-refractivity contribution in [3.63, 3.8) is 0 Å². The van der Waals surface area contributed by atoms with Crippen molar-refractivity contribution in [3.05, 3.63) is 58.1 Å². The van der Waals surface area contributed by atoms with Crippen LogP contribution in [0.25, 0.3) is 0 Å². The number of carbonyl (C=O) groups excluding carboxylic acids is 1. The second-order valence-corrected chi connectivity index (χ2v) is 5.40. The molecule has 0 aliphatic heterocycles. The molecule has 0 aliphatic carbocycles. The predicted octanol–water partition coefficient (Wildman–Crippen LogP) is 4.28. The number of hydrogen-bond donors (Lipinski definition) is 0. The van der Waals surface area contributed by atoms with Crippen LogP contribution >= 0.6 is 15.9 Å². The molecule has 3 nitrogen and oxygen atoms in total. The summed E-state index contributed by atoms with van der Waals surface area (Å²) in [5.74, 6) is 1.34. The molecule has 0 amide bonds. The summed E-state index contributed by atoms with van der Waals surface area (Å²) in [6.07, 6.45) is 0.271. The average molecular weight is 349 g/mol. The minimum atomic E-state index is 0.00968. The first-order chi connectivity index (χ1) is 10.2. The Morgan fingerprint density at radius 3 is 2.62 bits per heavy atom. The molecule has 0 fully saturated rings. The molecule has 21 heavy (non-hydrogen) atoms. The Hall–Kier alpha value is -1.81. The second-order valence-electron chi connectivity index (χ2n) is 4.49. The van der Waals surface area contributed by atoms with Gasteiger partial charge in [0.25, 0.3) is 0 Å². The Kier molecular flexibility index (Phi) is 5.39. The highest BCUT2D eigenvalue weighted by molar-refractivity contribution is 9.10. The summed E-state index contributed by atoms with van der Waals surface area (Å²) in [5, 5.41) is 0. The van der Waals surface area contributed by atoms with E-state index < -0.39 is 0 Å². The van der Waals surface area contributed by atoms with Crippen molar-refractivity contribution in [2.24, 2.45) is 0 Å². The van der Waals surface area contributed by atoms with Crippen LogP contribution in [0.4, 0.5) is 0 Å². The maximum absolute atomic E-state index is 12.5. The van der Waals surface area contributed by atoms with Crippen molar-refractivity contribution in [1.29, 1.82) is 0 Å². The third-order valence-corrected chi connectivity index (χ3v) is 3.57. The number of carbonyl (C=O) groups is 1. The van der Waals surface area contributed by atoms with Crippen molar-refractivity contribution >= 4 is 21.7 Å². The summed E-state index contributed by atoms with van der Waals surface area (Å²) in [7, 11) is 1.60. The van der Waals surface area contributed by atoms with Gasteiger partial charge in [0.15, 0.2) is 5.78 Å². The lowest BCUT2D eigenvalue weighted by atomic mass is 10.0. The van der Waals surface area contributed by atoms with E-state index in [0.717, 1.165) is 10.0 Å². The van der Waals surface area contributed by atoms with Crippen LogP contribution in [-0.2, 0) is 6.42 Å². The SMILES string of the molecule is CCOc1ccccc1C(=O)Cc1cc(Br)ccc1OC. The first kappa shape index (κ1) is 15.6. The molecular weight excluding hydrogens is 332 g/mol. The monoisotopic (exact) mass is 348 g/mol. The second kappa shape index (κ2) is 7.27. The van der Waals surface area contributed by atoms with E-state index in [1.807, 2.05) is 43.3 Å². The molecule has 2 aromatic carbocycles. The van der Waals surface area contributed by atoms with Crippen molar-refractivity contribution < 1.29 is 14.3 Å². The van der Waals surface area contributed by atoms with Gasteiger partial charge >= 0.3 is 0 Å². The lowest BCUT2D eigenvalue weighted by molar-refractivity contribution is 0.0988. The van der Waals surface area contributed by atoms with E-state index in [2.05, 4.69) is 15.9 Å². The molecule has 4 heteroatoms. The van der Waals surface area contributed by atoms with Crippen LogP contribution < -0.4 is 9.47 Å². The van der Waals surface area contributed by atoms with Crippen LogP contribution in [-0.4, -0.2) is 19.5 Å². The van der Waals surface area contributed by atoms with Crippen LogP contribution in [0.2, 0.25) is 0 Å². The Morgan fingerprint density at radius 2 is 1.90 bits per heavy atom. The quantitative estimate of drug-likeness (QED) is 0.730. The average Bonchev–Trinajstić information content (AvgIpc) is 2.48. The molecule has 0 N–H and O–H groups in total. The molecule has 0 spiro atoms. The first-order valence-electron chi connectivity index (χ1n) is 6.73. The zero-order chi connectivity index (χ0) is 15.2. The van der Waals surface area contributed by atoms with Crippen molar-refractivity contribution in [3.8, 4) is 11.5 Å². The van der Waals surface area contributed by atoms with Crippen molar-refractivity contribution in [2.75, 3.05) is 13.7 Å². The lowest BCUT2D eigenvalue weighted by Crippen LogP contribution is -2.08. The zero-order valence-electron chi connectivity index (χ0n) is 12.1. The van der Waals surface area contributed by atoms with E-state index >= 15 is 0 Å². The van der Waals surface area contributed by atoms with E-state index in [0.29, 0.717) is 23.7 Å². The van der Waals surface area contributed by atoms with Crippen LogP contribution in [0.3, 0.4) is 0 Å². The maximum Gasteiger partial charge on any atom is 0.171 e. The first-order valence-corrected chi connectivity index (χ1v) is 7.52. The number of methoxy groups -OCH3 is 1. The Labute approximate surface area is 133 Å². The number of benzene rings is 2. The molecule has 0 saturated carbocycles. The van der Waals surface area contributed by atoms with Gasteiger partial charge in [-0.05, 0) is 37.3 Å². The number of ether oxygens (including phenoxy) is 2. The number of Topliss-reactive ketones (excluding diaryl/α,β-unsaturated/α-hetero) is 1. The van der Waals surface area contributed by atoms with Crippen LogP contribution in [0.1, 0.15) is 22.8 Å². The molecule has 0 radical (unpaired) electrons. The highest BCUT2D eigenvalue weighted by Gasteiger charge is 2.15. The fraction of sp³-hybridized carbons (Fsp3) is 0.235. The molecule has 0 saturated heterocycles. The molecule has 0 unspecified atom stereocenters. The third-order valence-electron chi connectivity index (χ3n) is 3.08. The largest absolute Gasteiger partial charge is 0.496 e. The normalized spacial score (nSPS) is 10.2. The van der Waals surface area contributed by atoms with Gasteiger partial charge in [-0.25, -0.2) is 0 Å². The Balaban J connectivity index is 2.28. The Morgan fingerprint density at radius 1 is 1.14 bits per heavy atom. The number of para-hydroxylation sites is 1. The predicted molar refractivity (Wildman–Crippen MR) is 86.3 cm³/mol. The van der Waals surface area contributed by atoms with Gasteiger partial charge in [-0.3, -0.25) is 4.79 Å². The molecule has 0 bridgehead atoms. The fourth-order valence-electron chi connectivity index (χ4n) is 2.13. The van der Waals surface area contributed by atoms with Crippen LogP contribution in [0.15, 0.2) is 46.9 Å². The molecule has 0 heterocycles. The Bertz CT molecular complexity index is 638. The standard InChI is InChI=1S/C17H17BrO3/c1-3-21-17-7-5-4-6-14(17)15(19)11-12-10-13(18)8-9-16(12)20-2/h4-10H,3,11H2,1-2H3. The zero-order valence-corrected chi connectivity index (χ0v) is 13.6. The maximum atomic E-state index is 12.5. The molecule has 110 valence electrons. The summed E-state index contributed by atoms with van der Waals surface area (Å²) >= 11 is 3.42. The van der Waals surface area contributed by atoms with Crippen molar-refractivity contribution in [1.82, 2.24) is 0 Å². The van der Waals surface area contributed by atoms with Gasteiger partial charge in [-0.2, -0.15) is 0 Å². The van der Waals surface area contributed by atoms with E-state index in [-0.39, 0.29) is 12.2 Å². The summed E-state index contributed by atoms with van der Waals surface area (Å²) in [5.41, 5.74) is 1.45. The van der Waals surface area contributed by atoms with Gasteiger partial charge < -0.3 is 9.47 Å². The topological polar surface area (TPSA) is 35.5 Å². The van der Waals surface area contributed by atoms with E-state index in [9.17, 15) is 4.79 Å². The minimum absolute atomic E-state index is 0.00968. The number of rotatable bonds is 6. The van der Waals surface area contributed by atoms with Gasteiger partial charge in [0.2, 0.25) is 0 Å². The summed E-state index contributed by atoms with van der Waals surface area (Å²) < 4.78 is 11.7. The van der Waals surface area contributed by atoms with Crippen molar-refractivity contribution in [2.45, 2.75) is 13.3 Å². The summed E-state index contributed by atoms with van der Waals surface area (Å²) in [6.45, 7) is 2.43. The van der Waals surface area contributed by atoms with Crippen LogP contribution in [0.5, 0.6) is 11.5 Å². The summed E-state index contributed by atoms with van der Waals surface area (Å²) in [6, 6.07) is 12.9. The molecule has 2 aromatic rings. The number of ketones is 1. The number of halogens is 1. The van der Waals surface area contributed by atoms with Gasteiger partial charge in [0.1, 0.15) is 11.5 Å². The van der Waals surface area contributed by atoms with Crippen LogP contribution in [0, 0.1) is 0 Å². The fourth-order valence-corrected chi connectivity index (χ4v) is 2.54. The highest BCUT2D eigenvalue weighted by Crippen LogP contribution is 2.26. The smallest absolute Gasteiger partial charge is 0.171 e. The molecular formula is C17H17BrO3.